The van der Waals surface area contributed by atoms with Crippen molar-refractivity contribution in [2.75, 3.05) is 14.2 Å². The van der Waals surface area contributed by atoms with Crippen LogP contribution in [0.1, 0.15) is 11.3 Å². The molecular formula is C20H17BrFN5O2. The number of rotatable bonds is 5. The van der Waals surface area contributed by atoms with Gasteiger partial charge in [-0.1, -0.05) is 6.07 Å². The number of hydrogen-bond acceptors (Lipinski definition) is 6. The molecule has 3 aromatic heterocycles. The van der Waals surface area contributed by atoms with Crippen molar-refractivity contribution in [1.29, 1.82) is 0 Å². The van der Waals surface area contributed by atoms with Crippen molar-refractivity contribution in [3.05, 3.63) is 58.2 Å². The molecule has 0 atom stereocenters. The van der Waals surface area contributed by atoms with Crippen LogP contribution in [-0.4, -0.2) is 38.7 Å². The molecule has 4 rings (SSSR count). The summed E-state index contributed by atoms with van der Waals surface area (Å²) in [5.74, 6) is 0.690. The molecule has 1 aromatic carbocycles. The summed E-state index contributed by atoms with van der Waals surface area (Å²) in [7, 11) is 3.01. The van der Waals surface area contributed by atoms with Crippen molar-refractivity contribution < 1.29 is 13.9 Å². The Morgan fingerprint density at radius 1 is 1.07 bits per heavy atom. The first-order chi connectivity index (χ1) is 14.0. The highest BCUT2D eigenvalue weighted by Crippen LogP contribution is 2.29. The summed E-state index contributed by atoms with van der Waals surface area (Å²) >= 11 is 3.44. The van der Waals surface area contributed by atoms with Crippen LogP contribution >= 0.6 is 15.9 Å². The van der Waals surface area contributed by atoms with Gasteiger partial charge in [0.1, 0.15) is 22.9 Å². The van der Waals surface area contributed by atoms with Gasteiger partial charge in [-0.25, -0.2) is 9.37 Å². The maximum atomic E-state index is 14.7. The van der Waals surface area contributed by atoms with Crippen LogP contribution in [0.25, 0.3) is 22.6 Å². The lowest BCUT2D eigenvalue weighted by molar-refractivity contribution is 0.380. The van der Waals surface area contributed by atoms with Crippen LogP contribution in [0.4, 0.5) is 4.39 Å². The number of ether oxygens (including phenoxy) is 2. The van der Waals surface area contributed by atoms with Gasteiger partial charge in [0.2, 0.25) is 0 Å². The smallest absolute Gasteiger partial charge is 0.318 e. The number of aryl methyl sites for hydroxylation is 1. The monoisotopic (exact) mass is 457 g/mol. The Morgan fingerprint density at radius 3 is 2.59 bits per heavy atom. The molecule has 0 fully saturated rings. The molecule has 0 aliphatic heterocycles. The fraction of sp³-hybridized carbons (Fsp3) is 0.200. The average Bonchev–Trinajstić information content (AvgIpc) is 3.08. The van der Waals surface area contributed by atoms with Gasteiger partial charge < -0.3 is 14.0 Å². The molecule has 9 heteroatoms. The van der Waals surface area contributed by atoms with E-state index in [4.69, 9.17) is 14.5 Å². The Kier molecular flexibility index (Phi) is 5.14. The van der Waals surface area contributed by atoms with Gasteiger partial charge in [-0.05, 0) is 35.0 Å². The number of hydrogen-bond donors (Lipinski definition) is 0. The topological polar surface area (TPSA) is 75.0 Å². The van der Waals surface area contributed by atoms with Crippen LogP contribution in [0.3, 0.4) is 0 Å². The summed E-state index contributed by atoms with van der Waals surface area (Å²) in [5.41, 5.74) is 3.09. The quantitative estimate of drug-likeness (QED) is 0.447. The number of aromatic nitrogens is 5. The van der Waals surface area contributed by atoms with Gasteiger partial charge in [0.05, 0.1) is 26.5 Å². The fourth-order valence-corrected chi connectivity index (χ4v) is 3.43. The normalized spacial score (nSPS) is 11.1. The van der Waals surface area contributed by atoms with Gasteiger partial charge in [-0.3, -0.25) is 4.98 Å². The lowest BCUT2D eigenvalue weighted by Crippen LogP contribution is -2.06. The summed E-state index contributed by atoms with van der Waals surface area (Å²) in [6, 6.07) is 6.89. The molecule has 7 nitrogen and oxygen atoms in total. The van der Waals surface area contributed by atoms with Crippen molar-refractivity contribution in [3.63, 3.8) is 0 Å². The molecule has 0 aliphatic carbocycles. The molecule has 29 heavy (non-hydrogen) atoms. The molecule has 0 unspecified atom stereocenters. The van der Waals surface area contributed by atoms with E-state index in [1.165, 1.54) is 20.3 Å². The van der Waals surface area contributed by atoms with E-state index in [0.29, 0.717) is 34.0 Å². The molecule has 148 valence electrons. The van der Waals surface area contributed by atoms with Crippen molar-refractivity contribution in [2.24, 2.45) is 0 Å². The maximum Gasteiger partial charge on any atom is 0.318 e. The lowest BCUT2D eigenvalue weighted by Gasteiger charge is -2.11. The third-order valence-electron chi connectivity index (χ3n) is 4.48. The van der Waals surface area contributed by atoms with Crippen LogP contribution in [-0.2, 0) is 6.54 Å². The van der Waals surface area contributed by atoms with Gasteiger partial charge in [0.15, 0.2) is 5.65 Å². The molecule has 0 aliphatic rings. The Labute approximate surface area is 174 Å². The van der Waals surface area contributed by atoms with E-state index in [1.54, 1.807) is 24.5 Å². The molecule has 3 heterocycles. The predicted molar refractivity (Wildman–Crippen MR) is 110 cm³/mol. The second-order valence-electron chi connectivity index (χ2n) is 6.34. The van der Waals surface area contributed by atoms with Gasteiger partial charge in [-0.15, -0.1) is 0 Å². The molecular weight excluding hydrogens is 441 g/mol. The van der Waals surface area contributed by atoms with Crippen LogP contribution in [0.2, 0.25) is 0 Å². The van der Waals surface area contributed by atoms with Gasteiger partial charge >= 0.3 is 6.01 Å². The Balaban J connectivity index is 1.94. The number of benzene rings is 1. The second kappa shape index (κ2) is 7.75. The zero-order valence-electron chi connectivity index (χ0n) is 16.0. The molecule has 4 aromatic rings. The van der Waals surface area contributed by atoms with Gasteiger partial charge in [-0.2, -0.15) is 9.97 Å². The Hall–Kier alpha value is -3.07. The van der Waals surface area contributed by atoms with E-state index in [1.807, 2.05) is 17.6 Å². The molecule has 0 saturated carbocycles. The molecule has 0 saturated heterocycles. The zero-order chi connectivity index (χ0) is 20.5. The fourth-order valence-electron chi connectivity index (χ4n) is 3.06. The highest BCUT2D eigenvalue weighted by Gasteiger charge is 2.19. The van der Waals surface area contributed by atoms with E-state index in [-0.39, 0.29) is 18.4 Å². The minimum atomic E-state index is -0.373. The molecule has 0 spiro atoms. The third-order valence-corrected chi connectivity index (χ3v) is 4.92. The third kappa shape index (κ3) is 3.65. The first kappa shape index (κ1) is 19.3. The molecule has 0 radical (unpaired) electrons. The second-order valence-corrected chi connectivity index (χ2v) is 7.25. The Morgan fingerprint density at radius 2 is 1.90 bits per heavy atom. The van der Waals surface area contributed by atoms with Crippen LogP contribution in [0.15, 0.2) is 41.1 Å². The van der Waals surface area contributed by atoms with Crippen LogP contribution in [0.5, 0.6) is 11.8 Å². The minimum Gasteiger partial charge on any atom is -0.497 e. The van der Waals surface area contributed by atoms with Crippen molar-refractivity contribution >= 4 is 27.1 Å². The Bertz CT molecular complexity index is 1210. The summed E-state index contributed by atoms with van der Waals surface area (Å²) in [6.45, 7) is 2.05. The number of pyridine rings is 1. The minimum absolute atomic E-state index is 0.216. The van der Waals surface area contributed by atoms with E-state index < -0.39 is 0 Å². The van der Waals surface area contributed by atoms with Gasteiger partial charge in [0.25, 0.3) is 0 Å². The average molecular weight is 458 g/mol. The summed E-state index contributed by atoms with van der Waals surface area (Å²) in [4.78, 5) is 17.7. The highest BCUT2D eigenvalue weighted by atomic mass is 79.9. The van der Waals surface area contributed by atoms with Crippen LogP contribution < -0.4 is 9.47 Å². The first-order valence-electron chi connectivity index (χ1n) is 8.72. The van der Waals surface area contributed by atoms with Crippen LogP contribution in [0, 0.1) is 12.7 Å². The van der Waals surface area contributed by atoms with Crippen molar-refractivity contribution in [3.8, 4) is 23.1 Å². The molecule has 0 N–H and O–H groups in total. The largest absolute Gasteiger partial charge is 0.497 e. The standard InChI is InChI=1S/C20H17BrFN5O2/c1-11-17-19(26-20(24-11)29-3)27(10-12-4-5-15(28-2)7-16(12)22)18(25-17)13-6-14(21)9-23-8-13/h4-9H,10H2,1-3H3. The predicted octanol–water partition coefficient (Wildman–Crippen LogP) is 4.16. The SMILES string of the molecule is COc1ccc(Cn2c(-c3cncc(Br)c3)nc3c(C)nc(OC)nc32)c(F)c1. The number of halogens is 2. The van der Waals surface area contributed by atoms with Gasteiger partial charge in [0, 0.05) is 34.1 Å². The summed E-state index contributed by atoms with van der Waals surface area (Å²) in [6.07, 6.45) is 3.39. The number of imidazole rings is 1. The number of fused-ring (bicyclic) bond motifs is 1. The summed E-state index contributed by atoms with van der Waals surface area (Å²) < 4.78 is 27.6. The molecule has 0 amide bonds. The van der Waals surface area contributed by atoms with E-state index in [0.717, 1.165) is 10.0 Å². The van der Waals surface area contributed by atoms with Crippen molar-refractivity contribution in [2.45, 2.75) is 13.5 Å². The zero-order valence-corrected chi connectivity index (χ0v) is 17.6. The lowest BCUT2D eigenvalue weighted by atomic mass is 10.2. The summed E-state index contributed by atoms with van der Waals surface area (Å²) in [5, 5.41) is 0. The molecule has 0 bridgehead atoms. The number of nitrogens with zero attached hydrogens (tertiary/aromatic N) is 5. The number of methoxy groups -OCH3 is 2. The van der Waals surface area contributed by atoms with E-state index in [2.05, 4.69) is 30.9 Å². The van der Waals surface area contributed by atoms with E-state index in [9.17, 15) is 4.39 Å². The van der Waals surface area contributed by atoms with E-state index >= 15 is 0 Å². The first-order valence-corrected chi connectivity index (χ1v) is 9.51. The van der Waals surface area contributed by atoms with Crippen molar-refractivity contribution in [1.82, 2.24) is 24.5 Å². The maximum absolute atomic E-state index is 14.7. The highest BCUT2D eigenvalue weighted by molar-refractivity contribution is 9.10.